The first-order chi connectivity index (χ1) is 14.7. The number of halogens is 1. The van der Waals surface area contributed by atoms with Gasteiger partial charge in [-0.3, -0.25) is 9.78 Å². The molecule has 2 aromatic heterocycles. The lowest BCUT2D eigenvalue weighted by atomic mass is 10.2. The van der Waals surface area contributed by atoms with Gasteiger partial charge in [-0.1, -0.05) is 18.2 Å². The molecule has 0 unspecified atom stereocenters. The van der Waals surface area contributed by atoms with E-state index in [4.69, 9.17) is 4.74 Å². The molecule has 0 bridgehead atoms. The second-order valence-corrected chi connectivity index (χ2v) is 7.42. The summed E-state index contributed by atoms with van der Waals surface area (Å²) in [5.74, 6) is 0.121. The van der Waals surface area contributed by atoms with E-state index in [1.807, 2.05) is 17.5 Å². The van der Waals surface area contributed by atoms with Gasteiger partial charge in [-0.05, 0) is 42.0 Å². The molecule has 0 aliphatic rings. The Morgan fingerprint density at radius 1 is 1.10 bits per heavy atom. The zero-order valence-electron chi connectivity index (χ0n) is 15.9. The van der Waals surface area contributed by atoms with E-state index in [1.54, 1.807) is 48.8 Å². The first-order valence-electron chi connectivity index (χ1n) is 9.28. The smallest absolute Gasteiger partial charge is 0.230 e. The van der Waals surface area contributed by atoms with Crippen molar-refractivity contribution in [1.29, 1.82) is 0 Å². The third kappa shape index (κ3) is 5.27. The number of amides is 1. The van der Waals surface area contributed by atoms with Gasteiger partial charge in [0.25, 0.3) is 0 Å². The normalized spacial score (nSPS) is 10.6. The number of pyridine rings is 1. The van der Waals surface area contributed by atoms with Crippen LogP contribution in [0.25, 0.3) is 10.6 Å². The molecule has 4 aromatic rings. The molecule has 0 radical (unpaired) electrons. The van der Waals surface area contributed by atoms with Gasteiger partial charge in [0.15, 0.2) is 0 Å². The number of anilines is 1. The zero-order valence-corrected chi connectivity index (χ0v) is 16.7. The Bertz CT molecular complexity index is 1150. The number of rotatable bonds is 7. The van der Waals surface area contributed by atoms with Crippen LogP contribution >= 0.6 is 11.3 Å². The number of ether oxygens (including phenoxy) is 1. The van der Waals surface area contributed by atoms with Gasteiger partial charge in [-0.15, -0.1) is 11.3 Å². The number of carbonyl (C=O) groups excluding carboxylic acids is 1. The lowest BCUT2D eigenvalue weighted by molar-refractivity contribution is -0.115. The third-order valence-corrected chi connectivity index (χ3v) is 5.15. The van der Waals surface area contributed by atoms with Crippen molar-refractivity contribution < 1.29 is 13.9 Å². The second kappa shape index (κ2) is 9.28. The molecule has 30 heavy (non-hydrogen) atoms. The van der Waals surface area contributed by atoms with Crippen LogP contribution in [0.2, 0.25) is 0 Å². The molecular weight excluding hydrogens is 401 g/mol. The van der Waals surface area contributed by atoms with E-state index in [1.165, 1.54) is 23.5 Å². The molecular formula is C23H18FN3O2S. The van der Waals surface area contributed by atoms with Gasteiger partial charge in [0.1, 0.15) is 23.2 Å². The maximum Gasteiger partial charge on any atom is 0.230 e. The lowest BCUT2D eigenvalue weighted by Gasteiger charge is -2.09. The minimum absolute atomic E-state index is 0.166. The summed E-state index contributed by atoms with van der Waals surface area (Å²) in [5, 5.41) is 5.57. The van der Waals surface area contributed by atoms with Gasteiger partial charge in [0, 0.05) is 35.1 Å². The second-order valence-electron chi connectivity index (χ2n) is 6.56. The van der Waals surface area contributed by atoms with Crippen LogP contribution in [0.3, 0.4) is 0 Å². The molecule has 0 fully saturated rings. The van der Waals surface area contributed by atoms with Crippen LogP contribution in [0.4, 0.5) is 10.1 Å². The van der Waals surface area contributed by atoms with Crippen LogP contribution in [0.5, 0.6) is 5.75 Å². The van der Waals surface area contributed by atoms with Gasteiger partial charge in [0.2, 0.25) is 5.91 Å². The molecule has 4 rings (SSSR count). The quantitative estimate of drug-likeness (QED) is 0.452. The predicted molar refractivity (Wildman–Crippen MR) is 115 cm³/mol. The van der Waals surface area contributed by atoms with Crippen LogP contribution in [0.15, 0.2) is 78.4 Å². The Balaban J connectivity index is 1.34. The highest BCUT2D eigenvalue weighted by atomic mass is 32.1. The van der Waals surface area contributed by atoms with Gasteiger partial charge < -0.3 is 10.1 Å². The molecule has 0 aliphatic carbocycles. The molecule has 0 saturated heterocycles. The number of benzene rings is 2. The molecule has 7 heteroatoms. The fourth-order valence-corrected chi connectivity index (χ4v) is 3.65. The fraction of sp³-hybridized carbons (Fsp3) is 0.0870. The maximum atomic E-state index is 13.3. The monoisotopic (exact) mass is 419 g/mol. The maximum absolute atomic E-state index is 13.3. The molecule has 2 aromatic carbocycles. The molecule has 1 amide bonds. The zero-order chi connectivity index (χ0) is 20.8. The summed E-state index contributed by atoms with van der Waals surface area (Å²) in [6, 6.07) is 17.1. The van der Waals surface area contributed by atoms with Crippen molar-refractivity contribution in [2.75, 3.05) is 5.32 Å². The Labute approximate surface area is 177 Å². The first kappa shape index (κ1) is 19.7. The van der Waals surface area contributed by atoms with E-state index in [0.29, 0.717) is 17.1 Å². The Morgan fingerprint density at radius 2 is 2.00 bits per heavy atom. The highest BCUT2D eigenvalue weighted by Crippen LogP contribution is 2.23. The van der Waals surface area contributed by atoms with E-state index in [-0.39, 0.29) is 24.8 Å². The lowest BCUT2D eigenvalue weighted by Crippen LogP contribution is -2.14. The predicted octanol–water partition coefficient (Wildman–Crippen LogP) is 5.10. The van der Waals surface area contributed by atoms with E-state index in [9.17, 15) is 9.18 Å². The van der Waals surface area contributed by atoms with Crippen molar-refractivity contribution >= 4 is 22.9 Å². The van der Waals surface area contributed by atoms with Crippen molar-refractivity contribution in [3.63, 3.8) is 0 Å². The van der Waals surface area contributed by atoms with E-state index in [2.05, 4.69) is 15.3 Å². The molecule has 0 saturated carbocycles. The van der Waals surface area contributed by atoms with Gasteiger partial charge in [-0.2, -0.15) is 0 Å². The average Bonchev–Trinajstić information content (AvgIpc) is 3.21. The fourth-order valence-electron chi connectivity index (χ4n) is 2.84. The van der Waals surface area contributed by atoms with E-state index in [0.717, 1.165) is 16.1 Å². The molecule has 0 aliphatic heterocycles. The Kier molecular flexibility index (Phi) is 6.10. The van der Waals surface area contributed by atoms with Crippen LogP contribution in [-0.4, -0.2) is 15.9 Å². The summed E-state index contributed by atoms with van der Waals surface area (Å²) in [7, 11) is 0. The molecule has 1 N–H and O–H groups in total. The topological polar surface area (TPSA) is 64.1 Å². The van der Waals surface area contributed by atoms with Crippen molar-refractivity contribution in [3.8, 4) is 16.3 Å². The van der Waals surface area contributed by atoms with E-state index >= 15 is 0 Å². The summed E-state index contributed by atoms with van der Waals surface area (Å²) >= 11 is 1.48. The van der Waals surface area contributed by atoms with Crippen molar-refractivity contribution in [2.45, 2.75) is 13.0 Å². The summed E-state index contributed by atoms with van der Waals surface area (Å²) < 4.78 is 19.0. The minimum Gasteiger partial charge on any atom is -0.489 e. The number of nitrogens with zero attached hydrogens (tertiary/aromatic N) is 2. The minimum atomic E-state index is -0.300. The molecule has 0 spiro atoms. The summed E-state index contributed by atoms with van der Waals surface area (Å²) in [6.45, 7) is 0.241. The highest BCUT2D eigenvalue weighted by molar-refractivity contribution is 7.13. The van der Waals surface area contributed by atoms with Gasteiger partial charge >= 0.3 is 0 Å². The first-order valence-corrected chi connectivity index (χ1v) is 10.2. The SMILES string of the molecule is O=C(Cc1csc(-c2cccnc2)n1)Nc1cccc(OCc2cccc(F)c2)c1. The summed E-state index contributed by atoms with van der Waals surface area (Å²) in [6.07, 6.45) is 3.63. The van der Waals surface area contributed by atoms with Crippen LogP contribution in [-0.2, 0) is 17.8 Å². The van der Waals surface area contributed by atoms with Crippen LogP contribution < -0.4 is 10.1 Å². The number of thiazole rings is 1. The van der Waals surface area contributed by atoms with E-state index < -0.39 is 0 Å². The molecule has 0 atom stereocenters. The third-order valence-electron chi connectivity index (χ3n) is 4.21. The van der Waals surface area contributed by atoms with Crippen molar-refractivity contribution in [1.82, 2.24) is 9.97 Å². The molecule has 5 nitrogen and oxygen atoms in total. The highest BCUT2D eigenvalue weighted by Gasteiger charge is 2.10. The van der Waals surface area contributed by atoms with Gasteiger partial charge in [0.05, 0.1) is 12.1 Å². The number of hydrogen-bond acceptors (Lipinski definition) is 5. The van der Waals surface area contributed by atoms with Crippen molar-refractivity contribution in [2.24, 2.45) is 0 Å². The Hall–Kier alpha value is -3.58. The Morgan fingerprint density at radius 3 is 2.83 bits per heavy atom. The summed E-state index contributed by atoms with van der Waals surface area (Å²) in [5.41, 5.74) is 2.99. The van der Waals surface area contributed by atoms with Crippen LogP contribution in [0, 0.1) is 5.82 Å². The standard InChI is InChI=1S/C23H18FN3O2S/c24-18-6-1-4-16(10-18)14-29-21-8-2-7-19(11-21)26-22(28)12-20-15-30-23(27-20)17-5-3-9-25-13-17/h1-11,13,15H,12,14H2,(H,26,28). The number of nitrogens with one attached hydrogen (secondary N) is 1. The molecule has 150 valence electrons. The van der Waals surface area contributed by atoms with Gasteiger partial charge in [-0.25, -0.2) is 9.37 Å². The van der Waals surface area contributed by atoms with Crippen molar-refractivity contribution in [3.05, 3.63) is 95.5 Å². The number of hydrogen-bond donors (Lipinski definition) is 1. The average molecular weight is 419 g/mol. The molecule has 2 heterocycles. The largest absolute Gasteiger partial charge is 0.489 e. The number of aromatic nitrogens is 2. The number of carbonyl (C=O) groups is 1. The van der Waals surface area contributed by atoms with Crippen LogP contribution in [0.1, 0.15) is 11.3 Å². The summed E-state index contributed by atoms with van der Waals surface area (Å²) in [4.78, 5) is 21.0.